The van der Waals surface area contributed by atoms with Gasteiger partial charge in [-0.15, -0.1) is 0 Å². The third kappa shape index (κ3) is 3.99. The van der Waals surface area contributed by atoms with Gasteiger partial charge in [-0.1, -0.05) is 6.07 Å². The molecule has 0 unspecified atom stereocenters. The van der Waals surface area contributed by atoms with E-state index >= 15 is 0 Å². The van der Waals surface area contributed by atoms with E-state index < -0.39 is 14.9 Å². The molecule has 2 rings (SSSR count). The molecule has 8 nitrogen and oxygen atoms in total. The molecular formula is C13H14N4O4S. The Hall–Kier alpha value is -2.52. The van der Waals surface area contributed by atoms with Gasteiger partial charge in [0.15, 0.2) is 0 Å². The van der Waals surface area contributed by atoms with E-state index in [-0.39, 0.29) is 16.3 Å². The van der Waals surface area contributed by atoms with Gasteiger partial charge in [0.25, 0.3) is 5.69 Å². The topological polar surface area (TPSA) is 128 Å². The molecule has 3 N–H and O–H groups in total. The number of nitro groups is 1. The second kappa shape index (κ2) is 6.50. The molecule has 116 valence electrons. The quantitative estimate of drug-likeness (QED) is 0.609. The van der Waals surface area contributed by atoms with Crippen LogP contribution in [-0.4, -0.2) is 24.9 Å². The molecule has 0 saturated heterocycles. The van der Waals surface area contributed by atoms with E-state index in [2.05, 4.69) is 10.3 Å². The van der Waals surface area contributed by atoms with Crippen LogP contribution in [0.15, 0.2) is 47.5 Å². The fourth-order valence-electron chi connectivity index (χ4n) is 1.86. The van der Waals surface area contributed by atoms with Crippen LogP contribution in [0.3, 0.4) is 0 Å². The van der Waals surface area contributed by atoms with Crippen molar-refractivity contribution >= 4 is 21.4 Å². The lowest BCUT2D eigenvalue weighted by Gasteiger charge is -2.08. The van der Waals surface area contributed by atoms with E-state index in [1.165, 1.54) is 12.1 Å². The van der Waals surface area contributed by atoms with Crippen molar-refractivity contribution < 1.29 is 13.3 Å². The molecule has 1 aromatic carbocycles. The number of hydrogen-bond acceptors (Lipinski definition) is 6. The van der Waals surface area contributed by atoms with Crippen molar-refractivity contribution in [2.75, 3.05) is 11.9 Å². The maximum atomic E-state index is 11.2. The molecule has 0 amide bonds. The highest BCUT2D eigenvalue weighted by Gasteiger charge is 2.18. The first-order valence-corrected chi connectivity index (χ1v) is 7.87. The van der Waals surface area contributed by atoms with E-state index in [0.717, 1.165) is 11.8 Å². The first-order valence-electron chi connectivity index (χ1n) is 6.33. The van der Waals surface area contributed by atoms with E-state index in [1.807, 2.05) is 12.1 Å². The van der Waals surface area contributed by atoms with Crippen molar-refractivity contribution in [3.05, 3.63) is 58.4 Å². The Labute approximate surface area is 127 Å². The molecule has 22 heavy (non-hydrogen) atoms. The first kappa shape index (κ1) is 15.9. The molecule has 0 bridgehead atoms. The number of sulfonamides is 1. The fourth-order valence-corrected chi connectivity index (χ4v) is 2.39. The minimum atomic E-state index is -3.98. The lowest BCUT2D eigenvalue weighted by atomic mass is 10.2. The number of nitrogens with zero attached hydrogens (tertiary/aromatic N) is 2. The number of benzene rings is 1. The second-order valence-electron chi connectivity index (χ2n) is 4.48. The van der Waals surface area contributed by atoms with Crippen molar-refractivity contribution in [2.24, 2.45) is 5.14 Å². The van der Waals surface area contributed by atoms with Crippen molar-refractivity contribution in [3.63, 3.8) is 0 Å². The standard InChI is InChI=1S/C13H14N4O4S/c14-22(20,21)11-4-5-12(13(9-11)17(18)19)16-8-6-10-3-1-2-7-15-10/h1-5,7,9,16H,6,8H2,(H2,14,20,21). The minimum Gasteiger partial charge on any atom is -0.379 e. The van der Waals surface area contributed by atoms with Gasteiger partial charge in [-0.2, -0.15) is 0 Å². The predicted molar refractivity (Wildman–Crippen MR) is 80.9 cm³/mol. The molecule has 1 heterocycles. The maximum Gasteiger partial charge on any atom is 0.293 e. The van der Waals surface area contributed by atoms with Gasteiger partial charge in [-0.3, -0.25) is 15.1 Å². The summed E-state index contributed by atoms with van der Waals surface area (Å²) in [5, 5.41) is 18.9. The molecular weight excluding hydrogens is 308 g/mol. The molecule has 0 aliphatic carbocycles. The SMILES string of the molecule is NS(=O)(=O)c1ccc(NCCc2ccccn2)c([N+](=O)[O-])c1. The largest absolute Gasteiger partial charge is 0.379 e. The molecule has 0 fully saturated rings. The van der Waals surface area contributed by atoms with Gasteiger partial charge >= 0.3 is 0 Å². The first-order chi connectivity index (χ1) is 10.4. The third-order valence-electron chi connectivity index (χ3n) is 2.92. The van der Waals surface area contributed by atoms with Gasteiger partial charge in [-0.25, -0.2) is 13.6 Å². The summed E-state index contributed by atoms with van der Waals surface area (Å²) < 4.78 is 22.5. The molecule has 2 aromatic rings. The van der Waals surface area contributed by atoms with E-state index in [9.17, 15) is 18.5 Å². The van der Waals surface area contributed by atoms with Crippen molar-refractivity contribution in [1.29, 1.82) is 0 Å². The Morgan fingerprint density at radius 1 is 1.27 bits per heavy atom. The summed E-state index contributed by atoms with van der Waals surface area (Å²) in [6.45, 7) is 0.423. The smallest absolute Gasteiger partial charge is 0.293 e. The fraction of sp³-hybridized carbons (Fsp3) is 0.154. The predicted octanol–water partition coefficient (Wildman–Crippen LogP) is 1.29. The zero-order valence-corrected chi connectivity index (χ0v) is 12.3. The monoisotopic (exact) mass is 322 g/mol. The summed E-state index contributed by atoms with van der Waals surface area (Å²) in [6, 6.07) is 9.00. The number of pyridine rings is 1. The van der Waals surface area contributed by atoms with Gasteiger partial charge in [-0.05, 0) is 24.3 Å². The normalized spacial score (nSPS) is 11.1. The zero-order chi connectivity index (χ0) is 16.2. The van der Waals surface area contributed by atoms with E-state index in [0.29, 0.717) is 13.0 Å². The second-order valence-corrected chi connectivity index (χ2v) is 6.04. The van der Waals surface area contributed by atoms with Crippen LogP contribution in [0, 0.1) is 10.1 Å². The van der Waals surface area contributed by atoms with Crippen LogP contribution in [0.25, 0.3) is 0 Å². The Bertz CT molecular complexity index is 778. The van der Waals surface area contributed by atoms with Crippen LogP contribution in [0.5, 0.6) is 0 Å². The van der Waals surface area contributed by atoms with Crippen LogP contribution in [0.4, 0.5) is 11.4 Å². The van der Waals surface area contributed by atoms with Crippen LogP contribution in [0.1, 0.15) is 5.69 Å². The Morgan fingerprint density at radius 3 is 2.64 bits per heavy atom. The van der Waals surface area contributed by atoms with Crippen molar-refractivity contribution in [1.82, 2.24) is 4.98 Å². The number of aromatic nitrogens is 1. The van der Waals surface area contributed by atoms with Gasteiger partial charge in [0.05, 0.1) is 9.82 Å². The number of nitrogens with one attached hydrogen (secondary N) is 1. The highest BCUT2D eigenvalue weighted by molar-refractivity contribution is 7.89. The number of nitrogens with two attached hydrogens (primary N) is 1. The molecule has 9 heteroatoms. The average Bonchev–Trinajstić information content (AvgIpc) is 2.47. The van der Waals surface area contributed by atoms with Crippen molar-refractivity contribution in [2.45, 2.75) is 11.3 Å². The Kier molecular flexibility index (Phi) is 4.68. The average molecular weight is 322 g/mol. The molecule has 0 aliphatic rings. The maximum absolute atomic E-state index is 11.2. The molecule has 1 aromatic heterocycles. The van der Waals surface area contributed by atoms with Gasteiger partial charge in [0.2, 0.25) is 10.0 Å². The minimum absolute atomic E-state index is 0.230. The number of primary sulfonamides is 1. The van der Waals surface area contributed by atoms with Gasteiger partial charge in [0.1, 0.15) is 5.69 Å². The van der Waals surface area contributed by atoms with Gasteiger partial charge < -0.3 is 5.32 Å². The van der Waals surface area contributed by atoms with Crippen LogP contribution in [0.2, 0.25) is 0 Å². The molecule has 0 spiro atoms. The van der Waals surface area contributed by atoms with E-state index in [1.54, 1.807) is 12.3 Å². The summed E-state index contributed by atoms with van der Waals surface area (Å²) in [6.07, 6.45) is 2.24. The lowest BCUT2D eigenvalue weighted by molar-refractivity contribution is -0.384. The molecule has 0 atom stereocenters. The lowest BCUT2D eigenvalue weighted by Crippen LogP contribution is -2.13. The summed E-state index contributed by atoms with van der Waals surface area (Å²) in [4.78, 5) is 14.2. The Morgan fingerprint density at radius 2 is 2.05 bits per heavy atom. The third-order valence-corrected chi connectivity index (χ3v) is 3.83. The van der Waals surface area contributed by atoms with Crippen LogP contribution < -0.4 is 10.5 Å². The highest BCUT2D eigenvalue weighted by Crippen LogP contribution is 2.27. The summed E-state index contributed by atoms with van der Waals surface area (Å²) in [5.41, 5.74) is 0.736. The highest BCUT2D eigenvalue weighted by atomic mass is 32.2. The number of anilines is 1. The number of rotatable bonds is 6. The number of nitro benzene ring substituents is 1. The summed E-state index contributed by atoms with van der Waals surface area (Å²) >= 11 is 0. The van der Waals surface area contributed by atoms with Crippen molar-refractivity contribution in [3.8, 4) is 0 Å². The zero-order valence-electron chi connectivity index (χ0n) is 11.5. The molecule has 0 radical (unpaired) electrons. The van der Waals surface area contributed by atoms with Crippen LogP contribution >= 0.6 is 0 Å². The van der Waals surface area contributed by atoms with Gasteiger partial charge in [0, 0.05) is 30.9 Å². The summed E-state index contributed by atoms with van der Waals surface area (Å²) in [7, 11) is -3.98. The number of hydrogen-bond donors (Lipinski definition) is 2. The van der Waals surface area contributed by atoms with Crippen LogP contribution in [-0.2, 0) is 16.4 Å². The molecule has 0 saturated carbocycles. The Balaban J connectivity index is 2.15. The molecule has 0 aliphatic heterocycles. The summed E-state index contributed by atoms with van der Waals surface area (Å²) in [5.74, 6) is 0. The van der Waals surface area contributed by atoms with E-state index in [4.69, 9.17) is 5.14 Å².